The van der Waals surface area contributed by atoms with Gasteiger partial charge < -0.3 is 10.1 Å². The first-order chi connectivity index (χ1) is 4.33. The molecule has 1 heterocycles. The number of rotatable bonds is 1. The normalized spacial score (nSPS) is 28.0. The second kappa shape index (κ2) is 2.73. The molecule has 0 aromatic heterocycles. The molecule has 50 valence electrons. The lowest BCUT2D eigenvalue weighted by molar-refractivity contribution is -0.123. The summed E-state index contributed by atoms with van der Waals surface area (Å²) in [5, 5.41) is 2.85. The summed E-state index contributed by atoms with van der Waals surface area (Å²) < 4.78 is 0. The topological polar surface area (TPSA) is 46.2 Å². The van der Waals surface area contributed by atoms with Gasteiger partial charge in [0.15, 0.2) is 0 Å². The van der Waals surface area contributed by atoms with Crippen LogP contribution in [0.5, 0.6) is 0 Å². The van der Waals surface area contributed by atoms with Gasteiger partial charge in [0, 0.05) is 18.9 Å². The van der Waals surface area contributed by atoms with Crippen LogP contribution in [0.15, 0.2) is 0 Å². The number of carbonyl (C=O) groups is 2. The van der Waals surface area contributed by atoms with E-state index in [1.54, 1.807) is 0 Å². The fourth-order valence-electron chi connectivity index (χ4n) is 0.930. The summed E-state index contributed by atoms with van der Waals surface area (Å²) in [6.07, 6.45) is 1.26. The predicted octanol–water partition coefficient (Wildman–Crippen LogP) is -0.636. The average molecular weight is 127 g/mol. The Labute approximate surface area is 53.4 Å². The summed E-state index contributed by atoms with van der Waals surface area (Å²) >= 11 is 0. The van der Waals surface area contributed by atoms with Crippen molar-refractivity contribution >= 4 is 12.1 Å². The minimum Gasteiger partial charge on any atom is -0.309 e. The lowest BCUT2D eigenvalue weighted by atomic mass is 10.0. The Morgan fingerprint density at radius 1 is 1.67 bits per heavy atom. The third-order valence-corrected chi connectivity index (χ3v) is 1.41. The number of aldehydes is 1. The number of ketones is 1. The van der Waals surface area contributed by atoms with Crippen molar-refractivity contribution in [3.8, 4) is 0 Å². The third kappa shape index (κ3) is 1.61. The molecule has 1 aliphatic heterocycles. The van der Waals surface area contributed by atoms with Gasteiger partial charge >= 0.3 is 0 Å². The molecule has 3 heteroatoms. The van der Waals surface area contributed by atoms with E-state index in [0.29, 0.717) is 19.5 Å². The Morgan fingerprint density at radius 3 is 2.89 bits per heavy atom. The van der Waals surface area contributed by atoms with E-state index in [4.69, 9.17) is 0 Å². The van der Waals surface area contributed by atoms with Crippen LogP contribution in [0.2, 0.25) is 0 Å². The number of nitrogens with one attached hydrogen (secondary N) is 1. The molecule has 1 atom stereocenters. The van der Waals surface area contributed by atoms with Crippen LogP contribution < -0.4 is 5.32 Å². The molecule has 0 aromatic carbocycles. The Bertz CT molecular complexity index is 133. The van der Waals surface area contributed by atoms with Crippen molar-refractivity contribution in [3.05, 3.63) is 0 Å². The van der Waals surface area contributed by atoms with Crippen molar-refractivity contribution in [2.75, 3.05) is 13.1 Å². The number of hydrogen-bond acceptors (Lipinski definition) is 3. The summed E-state index contributed by atoms with van der Waals surface area (Å²) in [6.45, 7) is 1.10. The molecular formula is C6H9NO2. The van der Waals surface area contributed by atoms with E-state index in [-0.39, 0.29) is 11.7 Å². The van der Waals surface area contributed by atoms with Gasteiger partial charge in [-0.2, -0.15) is 0 Å². The first-order valence-electron chi connectivity index (χ1n) is 3.00. The molecule has 1 aliphatic rings. The molecule has 0 saturated carbocycles. The monoisotopic (exact) mass is 127 g/mol. The Balaban J connectivity index is 2.40. The van der Waals surface area contributed by atoms with Gasteiger partial charge in [-0.15, -0.1) is 0 Å². The Morgan fingerprint density at radius 2 is 2.44 bits per heavy atom. The minimum atomic E-state index is -0.0775. The van der Waals surface area contributed by atoms with Gasteiger partial charge in [0.25, 0.3) is 0 Å². The van der Waals surface area contributed by atoms with Crippen molar-refractivity contribution in [3.63, 3.8) is 0 Å². The van der Waals surface area contributed by atoms with Gasteiger partial charge in [-0.3, -0.25) is 4.79 Å². The maximum absolute atomic E-state index is 10.6. The highest BCUT2D eigenvalue weighted by Gasteiger charge is 2.17. The van der Waals surface area contributed by atoms with Crippen molar-refractivity contribution < 1.29 is 9.59 Å². The van der Waals surface area contributed by atoms with E-state index in [9.17, 15) is 9.59 Å². The van der Waals surface area contributed by atoms with Crippen LogP contribution in [0.1, 0.15) is 6.42 Å². The zero-order chi connectivity index (χ0) is 6.69. The molecule has 1 saturated heterocycles. The van der Waals surface area contributed by atoms with Gasteiger partial charge in [-0.1, -0.05) is 0 Å². The predicted molar refractivity (Wildman–Crippen MR) is 32.0 cm³/mol. The number of hydrogen-bond donors (Lipinski definition) is 1. The minimum absolute atomic E-state index is 0.0775. The standard InChI is InChI=1S/C6H9NO2/c8-4-5-1-6(9)3-7-2-5/h4-5,7H,1-3H2/t5-/m0/s1. The van der Waals surface area contributed by atoms with Crippen molar-refractivity contribution in [2.45, 2.75) is 6.42 Å². The second-order valence-corrected chi connectivity index (χ2v) is 2.27. The fraction of sp³-hybridized carbons (Fsp3) is 0.667. The highest BCUT2D eigenvalue weighted by molar-refractivity contribution is 5.84. The molecule has 9 heavy (non-hydrogen) atoms. The van der Waals surface area contributed by atoms with Crippen LogP contribution >= 0.6 is 0 Å². The molecule has 1 fully saturated rings. The van der Waals surface area contributed by atoms with Gasteiger partial charge in [-0.25, -0.2) is 0 Å². The van der Waals surface area contributed by atoms with E-state index in [1.165, 1.54) is 0 Å². The van der Waals surface area contributed by atoms with Gasteiger partial charge in [0.05, 0.1) is 6.54 Å². The summed E-state index contributed by atoms with van der Waals surface area (Å²) in [6, 6.07) is 0. The van der Waals surface area contributed by atoms with Crippen LogP contribution in [0, 0.1) is 5.92 Å². The van der Waals surface area contributed by atoms with Gasteiger partial charge in [-0.05, 0) is 0 Å². The molecule has 3 nitrogen and oxygen atoms in total. The molecule has 0 bridgehead atoms. The first-order valence-corrected chi connectivity index (χ1v) is 3.00. The van der Waals surface area contributed by atoms with E-state index in [1.807, 2.05) is 0 Å². The van der Waals surface area contributed by atoms with E-state index in [0.717, 1.165) is 6.29 Å². The van der Waals surface area contributed by atoms with Crippen LogP contribution in [-0.2, 0) is 9.59 Å². The van der Waals surface area contributed by atoms with E-state index >= 15 is 0 Å². The van der Waals surface area contributed by atoms with Crippen molar-refractivity contribution in [2.24, 2.45) is 5.92 Å². The highest BCUT2D eigenvalue weighted by atomic mass is 16.1. The summed E-state index contributed by atoms with van der Waals surface area (Å²) in [7, 11) is 0. The summed E-state index contributed by atoms with van der Waals surface area (Å²) in [4.78, 5) is 20.7. The SMILES string of the molecule is O=C[C@@H]1CNCC(=O)C1. The van der Waals surface area contributed by atoms with Gasteiger partial charge in [0.1, 0.15) is 12.1 Å². The lowest BCUT2D eigenvalue weighted by Crippen LogP contribution is -2.36. The zero-order valence-corrected chi connectivity index (χ0v) is 5.09. The maximum atomic E-state index is 10.6. The largest absolute Gasteiger partial charge is 0.309 e. The van der Waals surface area contributed by atoms with Crippen LogP contribution in [0.4, 0.5) is 0 Å². The van der Waals surface area contributed by atoms with Crippen LogP contribution in [-0.4, -0.2) is 25.2 Å². The van der Waals surface area contributed by atoms with E-state index in [2.05, 4.69) is 5.32 Å². The molecule has 1 rings (SSSR count). The molecule has 0 radical (unpaired) electrons. The number of Topliss-reactive ketones (excluding diaryl/α,β-unsaturated/α-hetero) is 1. The fourth-order valence-corrected chi connectivity index (χ4v) is 0.930. The van der Waals surface area contributed by atoms with Crippen molar-refractivity contribution in [1.29, 1.82) is 0 Å². The zero-order valence-electron chi connectivity index (χ0n) is 5.09. The summed E-state index contributed by atoms with van der Waals surface area (Å²) in [5.74, 6) is 0.0598. The maximum Gasteiger partial charge on any atom is 0.147 e. The molecule has 0 spiro atoms. The molecule has 0 aliphatic carbocycles. The first kappa shape index (κ1) is 6.42. The molecule has 0 amide bonds. The second-order valence-electron chi connectivity index (χ2n) is 2.27. The quantitative estimate of drug-likeness (QED) is 0.477. The van der Waals surface area contributed by atoms with Crippen LogP contribution in [0.25, 0.3) is 0 Å². The number of piperidine rings is 1. The lowest BCUT2D eigenvalue weighted by Gasteiger charge is -2.15. The number of carbonyl (C=O) groups excluding carboxylic acids is 2. The van der Waals surface area contributed by atoms with Gasteiger partial charge in [0.2, 0.25) is 0 Å². The highest BCUT2D eigenvalue weighted by Crippen LogP contribution is 2.02. The molecular weight excluding hydrogens is 118 g/mol. The molecule has 0 unspecified atom stereocenters. The summed E-state index contributed by atoms with van der Waals surface area (Å²) in [5.41, 5.74) is 0. The third-order valence-electron chi connectivity index (χ3n) is 1.41. The molecule has 0 aromatic rings. The Hall–Kier alpha value is -0.700. The average Bonchev–Trinajstić information content (AvgIpc) is 1.88. The van der Waals surface area contributed by atoms with E-state index < -0.39 is 0 Å². The van der Waals surface area contributed by atoms with Crippen LogP contribution in [0.3, 0.4) is 0 Å². The Kier molecular flexibility index (Phi) is 1.95. The van der Waals surface area contributed by atoms with Crippen molar-refractivity contribution in [1.82, 2.24) is 5.32 Å². The molecule has 1 N–H and O–H groups in total. The smallest absolute Gasteiger partial charge is 0.147 e.